The number of ether oxygens (including phenoxy) is 1. The van der Waals surface area contributed by atoms with Crippen molar-refractivity contribution in [3.8, 4) is 5.75 Å². The summed E-state index contributed by atoms with van der Waals surface area (Å²) in [7, 11) is 1.46. The highest BCUT2D eigenvalue weighted by molar-refractivity contribution is 5.86. The van der Waals surface area contributed by atoms with Crippen molar-refractivity contribution < 1.29 is 14.6 Å². The van der Waals surface area contributed by atoms with E-state index in [1.54, 1.807) is 6.07 Å². The molecule has 0 spiro atoms. The second-order valence-corrected chi connectivity index (χ2v) is 2.58. The first kappa shape index (κ1) is 9.54. The topological polar surface area (TPSA) is 72.5 Å². The molecule has 0 aliphatic rings. The van der Waals surface area contributed by atoms with E-state index in [0.29, 0.717) is 28.8 Å². The van der Waals surface area contributed by atoms with Crippen LogP contribution in [0.1, 0.15) is 15.9 Å². The molecule has 70 valence electrons. The monoisotopic (exact) mass is 181 g/mol. The Balaban J connectivity index is 3.28. The number of methoxy groups -OCH3 is 1. The van der Waals surface area contributed by atoms with Crippen molar-refractivity contribution in [3.05, 3.63) is 23.3 Å². The summed E-state index contributed by atoms with van der Waals surface area (Å²) in [4.78, 5) is 10.5. The predicted octanol–water partition coefficient (Wildman–Crippen LogP) is 0.582. The molecule has 4 heteroatoms. The van der Waals surface area contributed by atoms with Crippen LogP contribution in [0.15, 0.2) is 12.1 Å². The summed E-state index contributed by atoms with van der Waals surface area (Å²) >= 11 is 0. The molecule has 0 saturated carbocycles. The molecule has 3 N–H and O–H groups in total. The highest BCUT2D eigenvalue weighted by atomic mass is 16.5. The summed E-state index contributed by atoms with van der Waals surface area (Å²) in [6.45, 7) is -0.141. The molecule has 0 aromatic heterocycles. The second-order valence-electron chi connectivity index (χ2n) is 2.58. The summed E-state index contributed by atoms with van der Waals surface area (Å²) in [5.74, 6) is 0.411. The van der Waals surface area contributed by atoms with Gasteiger partial charge in [-0.1, -0.05) is 0 Å². The molecule has 0 unspecified atom stereocenters. The third-order valence-corrected chi connectivity index (χ3v) is 1.76. The number of nitrogens with two attached hydrogens (primary N) is 1. The standard InChI is InChI=1S/C9H11NO3/c1-13-8-3-6(4-11)2-7(5-12)9(8)10/h2-3,5,11H,4,10H2,1H3. The molecule has 4 nitrogen and oxygen atoms in total. The second kappa shape index (κ2) is 3.91. The van der Waals surface area contributed by atoms with Crippen LogP contribution in [-0.4, -0.2) is 18.5 Å². The van der Waals surface area contributed by atoms with Gasteiger partial charge in [0.25, 0.3) is 0 Å². The summed E-state index contributed by atoms with van der Waals surface area (Å²) in [6, 6.07) is 3.13. The largest absolute Gasteiger partial charge is 0.495 e. The summed E-state index contributed by atoms with van der Waals surface area (Å²) in [5.41, 5.74) is 6.83. The van der Waals surface area contributed by atoms with E-state index in [1.807, 2.05) is 0 Å². The van der Waals surface area contributed by atoms with Crippen molar-refractivity contribution in [1.82, 2.24) is 0 Å². The molecule has 0 fully saturated rings. The van der Waals surface area contributed by atoms with Crippen molar-refractivity contribution in [3.63, 3.8) is 0 Å². The molecule has 0 heterocycles. The van der Waals surface area contributed by atoms with Gasteiger partial charge in [0.05, 0.1) is 19.4 Å². The molecular weight excluding hydrogens is 170 g/mol. The number of hydrogen-bond acceptors (Lipinski definition) is 4. The zero-order valence-electron chi connectivity index (χ0n) is 7.28. The maximum atomic E-state index is 10.5. The third kappa shape index (κ3) is 1.78. The first-order valence-corrected chi connectivity index (χ1v) is 3.75. The fourth-order valence-electron chi connectivity index (χ4n) is 1.07. The van der Waals surface area contributed by atoms with E-state index < -0.39 is 0 Å². The van der Waals surface area contributed by atoms with Gasteiger partial charge in [-0.2, -0.15) is 0 Å². The van der Waals surface area contributed by atoms with Gasteiger partial charge in [-0.25, -0.2) is 0 Å². The number of aliphatic hydroxyl groups is 1. The SMILES string of the molecule is COc1cc(CO)cc(C=O)c1N. The van der Waals surface area contributed by atoms with Crippen LogP contribution in [0.4, 0.5) is 5.69 Å². The molecule has 1 rings (SSSR count). The third-order valence-electron chi connectivity index (χ3n) is 1.76. The van der Waals surface area contributed by atoms with Crippen LogP contribution in [0.5, 0.6) is 5.75 Å². The van der Waals surface area contributed by atoms with E-state index in [1.165, 1.54) is 13.2 Å². The first-order valence-electron chi connectivity index (χ1n) is 3.75. The molecule has 0 saturated heterocycles. The summed E-state index contributed by atoms with van der Waals surface area (Å²) < 4.78 is 4.93. The van der Waals surface area contributed by atoms with Crippen LogP contribution in [0, 0.1) is 0 Å². The first-order chi connectivity index (χ1) is 6.22. The van der Waals surface area contributed by atoms with Gasteiger partial charge in [-0.3, -0.25) is 4.79 Å². The van der Waals surface area contributed by atoms with Gasteiger partial charge in [0.15, 0.2) is 6.29 Å². The van der Waals surface area contributed by atoms with E-state index in [-0.39, 0.29) is 6.61 Å². The Kier molecular flexibility index (Phi) is 2.87. The van der Waals surface area contributed by atoms with E-state index in [9.17, 15) is 4.79 Å². The molecule has 0 amide bonds. The number of anilines is 1. The fraction of sp³-hybridized carbons (Fsp3) is 0.222. The Morgan fingerprint density at radius 1 is 1.62 bits per heavy atom. The average Bonchev–Trinajstić information content (AvgIpc) is 2.18. The van der Waals surface area contributed by atoms with Gasteiger partial charge in [0, 0.05) is 5.56 Å². The average molecular weight is 181 g/mol. The minimum Gasteiger partial charge on any atom is -0.495 e. The van der Waals surface area contributed by atoms with Crippen molar-refractivity contribution >= 4 is 12.0 Å². The lowest BCUT2D eigenvalue weighted by atomic mass is 10.1. The lowest BCUT2D eigenvalue weighted by molar-refractivity contribution is 0.112. The van der Waals surface area contributed by atoms with Crippen LogP contribution in [0.25, 0.3) is 0 Å². The molecule has 0 aliphatic heterocycles. The van der Waals surface area contributed by atoms with Crippen LogP contribution >= 0.6 is 0 Å². The van der Waals surface area contributed by atoms with E-state index >= 15 is 0 Å². The molecule has 1 aromatic carbocycles. The Hall–Kier alpha value is -1.55. The van der Waals surface area contributed by atoms with Gasteiger partial charge in [-0.05, 0) is 17.7 Å². The van der Waals surface area contributed by atoms with E-state index in [0.717, 1.165) is 0 Å². The number of rotatable bonds is 3. The lowest BCUT2D eigenvalue weighted by Gasteiger charge is -2.08. The molecule has 0 bridgehead atoms. The number of hydrogen-bond donors (Lipinski definition) is 2. The maximum Gasteiger partial charge on any atom is 0.152 e. The zero-order chi connectivity index (χ0) is 9.84. The highest BCUT2D eigenvalue weighted by Crippen LogP contribution is 2.26. The van der Waals surface area contributed by atoms with E-state index in [2.05, 4.69) is 0 Å². The molecule has 13 heavy (non-hydrogen) atoms. The fourth-order valence-corrected chi connectivity index (χ4v) is 1.07. The quantitative estimate of drug-likeness (QED) is 0.528. The van der Waals surface area contributed by atoms with Gasteiger partial charge in [-0.15, -0.1) is 0 Å². The van der Waals surface area contributed by atoms with Crippen LogP contribution in [0.3, 0.4) is 0 Å². The molecule has 1 aromatic rings. The summed E-state index contributed by atoms with van der Waals surface area (Å²) in [5, 5.41) is 8.86. The van der Waals surface area contributed by atoms with Crippen molar-refractivity contribution in [2.45, 2.75) is 6.61 Å². The summed E-state index contributed by atoms with van der Waals surface area (Å²) in [6.07, 6.45) is 0.636. The van der Waals surface area contributed by atoms with Crippen LogP contribution in [-0.2, 0) is 6.61 Å². The number of aldehydes is 1. The Morgan fingerprint density at radius 2 is 2.31 bits per heavy atom. The lowest BCUT2D eigenvalue weighted by Crippen LogP contribution is -1.99. The van der Waals surface area contributed by atoms with Crippen molar-refractivity contribution in [1.29, 1.82) is 0 Å². The van der Waals surface area contributed by atoms with Crippen LogP contribution in [0.2, 0.25) is 0 Å². The minimum absolute atomic E-state index is 0.141. The molecule has 0 radical (unpaired) electrons. The molecular formula is C9H11NO3. The van der Waals surface area contributed by atoms with E-state index in [4.69, 9.17) is 15.6 Å². The molecule has 0 aliphatic carbocycles. The predicted molar refractivity (Wildman–Crippen MR) is 48.7 cm³/mol. The number of benzene rings is 1. The zero-order valence-corrected chi connectivity index (χ0v) is 7.28. The van der Waals surface area contributed by atoms with Gasteiger partial charge in [0.2, 0.25) is 0 Å². The minimum atomic E-state index is -0.141. The van der Waals surface area contributed by atoms with Gasteiger partial charge < -0.3 is 15.6 Å². The maximum absolute atomic E-state index is 10.5. The number of carbonyl (C=O) groups excluding carboxylic acids is 1. The highest BCUT2D eigenvalue weighted by Gasteiger charge is 2.06. The van der Waals surface area contributed by atoms with Crippen molar-refractivity contribution in [2.75, 3.05) is 12.8 Å². The molecule has 0 atom stereocenters. The number of carbonyl (C=O) groups is 1. The number of aliphatic hydroxyl groups excluding tert-OH is 1. The Bertz CT molecular complexity index is 323. The van der Waals surface area contributed by atoms with Gasteiger partial charge in [0.1, 0.15) is 5.75 Å². The Labute approximate surface area is 75.9 Å². The van der Waals surface area contributed by atoms with Gasteiger partial charge >= 0.3 is 0 Å². The van der Waals surface area contributed by atoms with Crippen molar-refractivity contribution in [2.24, 2.45) is 0 Å². The van der Waals surface area contributed by atoms with Crippen LogP contribution < -0.4 is 10.5 Å². The number of nitrogen functional groups attached to an aromatic ring is 1. The Morgan fingerprint density at radius 3 is 2.77 bits per heavy atom. The normalized spacial score (nSPS) is 9.69. The smallest absolute Gasteiger partial charge is 0.152 e.